The van der Waals surface area contributed by atoms with E-state index < -0.39 is 10.2 Å². The molecule has 23 heavy (non-hydrogen) atoms. The van der Waals surface area contributed by atoms with Crippen molar-refractivity contribution in [1.82, 2.24) is 9.78 Å². The molecule has 0 aliphatic heterocycles. The molecule has 0 radical (unpaired) electrons. The van der Waals surface area contributed by atoms with Crippen LogP contribution >= 0.6 is 0 Å². The van der Waals surface area contributed by atoms with Crippen LogP contribution in [0.1, 0.15) is 6.92 Å². The van der Waals surface area contributed by atoms with Crippen LogP contribution in [-0.2, 0) is 4.79 Å². The summed E-state index contributed by atoms with van der Waals surface area (Å²) >= 11 is 0. The van der Waals surface area contributed by atoms with Crippen LogP contribution in [0.5, 0.6) is 5.88 Å². The fraction of sp³-hybridized carbons (Fsp3) is 0.154. The first-order chi connectivity index (χ1) is 10.7. The molecular weight excluding hydrogens is 330 g/mol. The quantitative estimate of drug-likeness (QED) is 0.619. The highest BCUT2D eigenvalue weighted by molar-refractivity contribution is 5.73. The van der Waals surface area contributed by atoms with Gasteiger partial charge in [0.25, 0.3) is 0 Å². The molecule has 1 N–H and O–H groups in total. The van der Waals surface area contributed by atoms with Crippen LogP contribution in [0.2, 0.25) is 0 Å². The van der Waals surface area contributed by atoms with Crippen molar-refractivity contribution in [2.24, 2.45) is 4.99 Å². The maximum absolute atomic E-state index is 10.9. The highest BCUT2D eigenvalue weighted by atomic mass is 35.7. The van der Waals surface area contributed by atoms with Gasteiger partial charge in [-0.1, -0.05) is 18.2 Å². The van der Waals surface area contributed by atoms with Crippen molar-refractivity contribution in [2.45, 2.75) is 6.92 Å². The monoisotopic (exact) mass is 343 g/mol. The largest absolute Gasteiger partial charge is 0.481 e. The van der Waals surface area contributed by atoms with Gasteiger partial charge in [-0.25, -0.2) is 9.67 Å². The lowest BCUT2D eigenvalue weighted by Crippen LogP contribution is -2.58. The normalized spacial score (nSPS) is 11.5. The van der Waals surface area contributed by atoms with E-state index in [1.807, 2.05) is 30.3 Å². The van der Waals surface area contributed by atoms with Crippen molar-refractivity contribution in [1.29, 1.82) is 0 Å². The Morgan fingerprint density at radius 2 is 1.87 bits per heavy atom. The molecule has 1 aromatic heterocycles. The molecule has 124 valence electrons. The fourth-order valence-corrected chi connectivity index (χ4v) is 1.55. The van der Waals surface area contributed by atoms with Gasteiger partial charge in [0.15, 0.2) is 0 Å². The molecule has 0 aliphatic rings. The second-order valence-corrected chi connectivity index (χ2v) is 4.82. The van der Waals surface area contributed by atoms with Crippen molar-refractivity contribution >= 4 is 5.91 Å². The summed E-state index contributed by atoms with van der Waals surface area (Å²) in [5.74, 6) is 0.250. The lowest BCUT2D eigenvalue weighted by molar-refractivity contribution is -1.92. The summed E-state index contributed by atoms with van der Waals surface area (Å²) in [5, 5.41) is 4.70. The van der Waals surface area contributed by atoms with Gasteiger partial charge in [0.2, 0.25) is 11.8 Å². The van der Waals surface area contributed by atoms with Gasteiger partial charge in [-0.05, 0) is 12.1 Å². The summed E-state index contributed by atoms with van der Waals surface area (Å²) in [6.07, 6.45) is 1.52. The minimum atomic E-state index is -4.69. The van der Waals surface area contributed by atoms with Crippen LogP contribution in [-0.4, -0.2) is 27.5 Å². The Labute approximate surface area is 133 Å². The number of nitrogens with zero attached hydrogens (tertiary/aromatic N) is 3. The third-order valence-electron chi connectivity index (χ3n) is 2.28. The third-order valence-corrected chi connectivity index (χ3v) is 2.28. The Hall–Kier alpha value is -2.30. The number of carbonyl (C=O) groups excluding carboxylic acids is 1. The van der Waals surface area contributed by atoms with Crippen molar-refractivity contribution in [3.63, 3.8) is 0 Å². The number of carbonyl (C=O) groups is 1. The number of ether oxygens (including phenoxy) is 1. The van der Waals surface area contributed by atoms with Gasteiger partial charge in [0, 0.05) is 13.0 Å². The fourth-order valence-electron chi connectivity index (χ4n) is 1.55. The summed E-state index contributed by atoms with van der Waals surface area (Å²) < 4.78 is 39.6. The second-order valence-electron chi connectivity index (χ2n) is 4.03. The van der Waals surface area contributed by atoms with E-state index in [0.29, 0.717) is 11.2 Å². The lowest BCUT2D eigenvalue weighted by atomic mass is 10.3. The molecular formula is C13H14ClN3O6. The first-order valence-corrected chi connectivity index (χ1v) is 7.34. The molecule has 2 aromatic rings. The smallest absolute Gasteiger partial charge is 0.243 e. The molecule has 2 rings (SSSR count). The summed E-state index contributed by atoms with van der Waals surface area (Å²) in [5.41, 5.74) is 0.878. The van der Waals surface area contributed by atoms with Crippen LogP contribution in [0.4, 0.5) is 0 Å². The molecule has 0 spiro atoms. The van der Waals surface area contributed by atoms with Gasteiger partial charge in [0.1, 0.15) is 0 Å². The molecule has 0 bridgehead atoms. The van der Waals surface area contributed by atoms with E-state index >= 15 is 0 Å². The zero-order chi connectivity index (χ0) is 17.5. The van der Waals surface area contributed by atoms with E-state index in [2.05, 4.69) is 10.1 Å². The van der Waals surface area contributed by atoms with Crippen molar-refractivity contribution in [3.05, 3.63) is 48.0 Å². The van der Waals surface area contributed by atoms with E-state index in [9.17, 15) is 4.79 Å². The Morgan fingerprint density at radius 1 is 1.30 bits per heavy atom. The van der Waals surface area contributed by atoms with E-state index in [0.717, 1.165) is 5.69 Å². The number of aromatic nitrogens is 2. The molecule has 0 aliphatic carbocycles. The highest BCUT2D eigenvalue weighted by Gasteiger charge is 2.03. The number of methoxy groups -OCH3 is 1. The second kappa shape index (κ2) is 8.36. The topological polar surface area (TPSA) is 146 Å². The zero-order valence-electron chi connectivity index (χ0n) is 12.2. The number of para-hydroxylation sites is 1. The maximum Gasteiger partial charge on any atom is 0.243 e. The van der Waals surface area contributed by atoms with E-state index in [1.54, 1.807) is 17.9 Å². The first kappa shape index (κ1) is 18.7. The molecule has 0 saturated heterocycles. The number of hydrogen-bond acceptors (Lipinski definition) is 7. The molecule has 0 unspecified atom stereocenters. The minimum Gasteiger partial charge on any atom is -0.481 e. The zero-order valence-corrected chi connectivity index (χ0v) is 13.0. The SMILES string of the molecule is COc1c/c(=N/C(C)=O)cnn1-c1ccccc1.[O-][Cl+3]([O-])([O-])O. The number of benzene rings is 1. The van der Waals surface area contributed by atoms with Crippen LogP contribution in [0.25, 0.3) is 5.69 Å². The average molecular weight is 344 g/mol. The lowest BCUT2D eigenvalue weighted by Gasteiger charge is -2.10. The van der Waals surface area contributed by atoms with Crippen molar-refractivity contribution in [3.8, 4) is 11.6 Å². The standard InChI is InChI=1S/C13H13N3O2.ClHO4/c1-10(17)15-11-8-13(18-2)16(14-9-11)12-6-4-3-5-7-12;2-1(3,4)5/h3-9H,1-2H3;(H,2,3,4,5)/b15-11-;. The van der Waals surface area contributed by atoms with Crippen molar-refractivity contribution in [2.75, 3.05) is 7.11 Å². The highest BCUT2D eigenvalue weighted by Crippen LogP contribution is 2.12. The van der Waals surface area contributed by atoms with Crippen LogP contribution in [0.15, 0.2) is 47.6 Å². The molecule has 9 nitrogen and oxygen atoms in total. The summed E-state index contributed by atoms with van der Waals surface area (Å²) in [6.45, 7) is 1.39. The molecule has 1 amide bonds. The first-order valence-electron chi connectivity index (χ1n) is 6.08. The predicted octanol–water partition coefficient (Wildman–Crippen LogP) is -2.80. The molecule has 0 atom stereocenters. The summed E-state index contributed by atoms with van der Waals surface area (Å²) in [7, 11) is -3.14. The van der Waals surface area contributed by atoms with Gasteiger partial charge < -0.3 is 4.74 Å². The molecule has 0 fully saturated rings. The molecule has 0 saturated carbocycles. The maximum atomic E-state index is 10.9. The van der Waals surface area contributed by atoms with E-state index in [-0.39, 0.29) is 5.91 Å². The van der Waals surface area contributed by atoms with Crippen LogP contribution in [0.3, 0.4) is 0 Å². The number of amides is 1. The Kier molecular flexibility index (Phi) is 6.82. The number of hydrogen-bond donors (Lipinski definition) is 1. The Morgan fingerprint density at radius 3 is 2.35 bits per heavy atom. The molecule has 1 aromatic carbocycles. The van der Waals surface area contributed by atoms with Crippen LogP contribution in [0, 0.1) is 10.2 Å². The summed E-state index contributed by atoms with van der Waals surface area (Å²) in [4.78, 5) is 14.7. The summed E-state index contributed by atoms with van der Waals surface area (Å²) in [6, 6.07) is 11.3. The van der Waals surface area contributed by atoms with Gasteiger partial charge in [0.05, 0.1) is 39.3 Å². The van der Waals surface area contributed by atoms with Gasteiger partial charge in [-0.3, -0.25) is 4.79 Å². The minimum absolute atomic E-state index is 0.267. The van der Waals surface area contributed by atoms with Gasteiger partial charge in [-0.15, -0.1) is 0 Å². The molecule has 1 heterocycles. The average Bonchev–Trinajstić information content (AvgIpc) is 2.45. The van der Waals surface area contributed by atoms with Crippen LogP contribution < -0.4 is 24.1 Å². The van der Waals surface area contributed by atoms with Gasteiger partial charge in [-0.2, -0.15) is 19.1 Å². The number of halogens is 1. The predicted molar refractivity (Wildman–Crippen MR) is 68.6 cm³/mol. The van der Waals surface area contributed by atoms with Gasteiger partial charge >= 0.3 is 0 Å². The van der Waals surface area contributed by atoms with E-state index in [4.69, 9.17) is 23.4 Å². The number of rotatable bonds is 2. The Balaban J connectivity index is 0.000000463. The van der Waals surface area contributed by atoms with E-state index in [1.165, 1.54) is 13.1 Å². The molecule has 10 heteroatoms. The van der Waals surface area contributed by atoms with Crippen molar-refractivity contribution < 1.29 is 38.4 Å². The third kappa shape index (κ3) is 7.49. The Bertz CT molecular complexity index is 706.